The van der Waals surface area contributed by atoms with E-state index in [4.69, 9.17) is 9.26 Å². The molecule has 0 aromatic carbocycles. The molecular formula is C16H26N4O2. The SMILES string of the molecule is CN=C(NCC(C)c1c(C)noc1C)NC1CC2CCC1O2. The van der Waals surface area contributed by atoms with E-state index in [0.29, 0.717) is 24.2 Å². The van der Waals surface area contributed by atoms with Crippen molar-refractivity contribution in [2.45, 2.75) is 64.2 Å². The van der Waals surface area contributed by atoms with Crippen molar-refractivity contribution in [3.8, 4) is 0 Å². The fraction of sp³-hybridized carbons (Fsp3) is 0.750. The van der Waals surface area contributed by atoms with Gasteiger partial charge in [0.1, 0.15) is 5.76 Å². The van der Waals surface area contributed by atoms with Crippen molar-refractivity contribution in [3.63, 3.8) is 0 Å². The normalized spacial score (nSPS) is 28.9. The van der Waals surface area contributed by atoms with Crippen LogP contribution in [0.1, 0.15) is 49.1 Å². The van der Waals surface area contributed by atoms with Gasteiger partial charge in [-0.2, -0.15) is 0 Å². The van der Waals surface area contributed by atoms with E-state index in [-0.39, 0.29) is 0 Å². The van der Waals surface area contributed by atoms with E-state index >= 15 is 0 Å². The van der Waals surface area contributed by atoms with E-state index in [1.165, 1.54) is 12.0 Å². The van der Waals surface area contributed by atoms with E-state index in [1.54, 1.807) is 0 Å². The summed E-state index contributed by atoms with van der Waals surface area (Å²) in [6, 6.07) is 0.388. The van der Waals surface area contributed by atoms with Gasteiger partial charge in [0.15, 0.2) is 5.96 Å². The summed E-state index contributed by atoms with van der Waals surface area (Å²) in [6.07, 6.45) is 4.25. The Balaban J connectivity index is 1.53. The number of rotatable bonds is 4. The van der Waals surface area contributed by atoms with Crippen LogP contribution in [0.2, 0.25) is 0 Å². The maximum Gasteiger partial charge on any atom is 0.191 e. The molecule has 2 aliphatic rings. The maximum atomic E-state index is 5.88. The van der Waals surface area contributed by atoms with Gasteiger partial charge in [0.05, 0.1) is 23.9 Å². The van der Waals surface area contributed by atoms with Crippen LogP contribution in [0.3, 0.4) is 0 Å². The highest BCUT2D eigenvalue weighted by atomic mass is 16.5. The molecule has 2 fully saturated rings. The van der Waals surface area contributed by atoms with E-state index < -0.39 is 0 Å². The maximum absolute atomic E-state index is 5.88. The lowest BCUT2D eigenvalue weighted by Crippen LogP contribution is -2.48. The van der Waals surface area contributed by atoms with Gasteiger partial charge in [-0.1, -0.05) is 12.1 Å². The van der Waals surface area contributed by atoms with Crippen LogP contribution in [0.25, 0.3) is 0 Å². The number of ether oxygens (including phenoxy) is 1. The molecule has 1 aromatic rings. The summed E-state index contributed by atoms with van der Waals surface area (Å²) in [4.78, 5) is 4.33. The Hall–Kier alpha value is -1.56. The van der Waals surface area contributed by atoms with Crippen molar-refractivity contribution in [3.05, 3.63) is 17.0 Å². The molecule has 0 radical (unpaired) electrons. The average molecular weight is 306 g/mol. The molecular weight excluding hydrogens is 280 g/mol. The summed E-state index contributed by atoms with van der Waals surface area (Å²) < 4.78 is 11.1. The third kappa shape index (κ3) is 2.97. The molecule has 3 rings (SSSR count). The van der Waals surface area contributed by atoms with Gasteiger partial charge in [-0.3, -0.25) is 4.99 Å². The highest BCUT2D eigenvalue weighted by Crippen LogP contribution is 2.34. The first kappa shape index (κ1) is 15.3. The first-order chi connectivity index (χ1) is 10.6. The van der Waals surface area contributed by atoms with E-state index in [9.17, 15) is 0 Å². The Morgan fingerprint density at radius 2 is 2.23 bits per heavy atom. The summed E-state index contributed by atoms with van der Waals surface area (Å²) in [7, 11) is 1.81. The second-order valence-electron chi connectivity index (χ2n) is 6.45. The summed E-state index contributed by atoms with van der Waals surface area (Å²) >= 11 is 0. The Morgan fingerprint density at radius 3 is 2.77 bits per heavy atom. The molecule has 2 bridgehead atoms. The van der Waals surface area contributed by atoms with Crippen molar-refractivity contribution in [2.24, 2.45) is 4.99 Å². The average Bonchev–Trinajstić information content (AvgIpc) is 3.19. The Morgan fingerprint density at radius 1 is 1.41 bits per heavy atom. The third-order valence-electron chi connectivity index (χ3n) is 4.81. The Kier molecular flexibility index (Phi) is 4.38. The van der Waals surface area contributed by atoms with Crippen LogP contribution in [0.15, 0.2) is 9.52 Å². The molecule has 6 nitrogen and oxygen atoms in total. The molecule has 22 heavy (non-hydrogen) atoms. The second-order valence-corrected chi connectivity index (χ2v) is 6.45. The quantitative estimate of drug-likeness (QED) is 0.656. The van der Waals surface area contributed by atoms with Crippen molar-refractivity contribution in [2.75, 3.05) is 13.6 Å². The molecule has 2 saturated heterocycles. The molecule has 0 aliphatic carbocycles. The van der Waals surface area contributed by atoms with Gasteiger partial charge >= 0.3 is 0 Å². The number of guanidine groups is 1. The number of hydrogen-bond acceptors (Lipinski definition) is 4. The van der Waals surface area contributed by atoms with Crippen molar-refractivity contribution in [1.82, 2.24) is 15.8 Å². The zero-order valence-electron chi connectivity index (χ0n) is 13.8. The molecule has 2 aliphatic heterocycles. The fourth-order valence-corrected chi connectivity index (χ4v) is 3.71. The number of aliphatic imine (C=N–C) groups is 1. The van der Waals surface area contributed by atoms with Crippen molar-refractivity contribution in [1.29, 1.82) is 0 Å². The monoisotopic (exact) mass is 306 g/mol. The fourth-order valence-electron chi connectivity index (χ4n) is 3.71. The van der Waals surface area contributed by atoms with Crippen LogP contribution in [0, 0.1) is 13.8 Å². The molecule has 4 unspecified atom stereocenters. The van der Waals surface area contributed by atoms with Gasteiger partial charge in [-0.25, -0.2) is 0 Å². The summed E-state index contributed by atoms with van der Waals surface area (Å²) in [5.74, 6) is 2.07. The smallest absolute Gasteiger partial charge is 0.191 e. The zero-order valence-corrected chi connectivity index (χ0v) is 13.8. The highest BCUT2D eigenvalue weighted by molar-refractivity contribution is 5.80. The molecule has 0 amide bonds. The molecule has 6 heteroatoms. The number of nitrogens with zero attached hydrogens (tertiary/aromatic N) is 2. The number of fused-ring (bicyclic) bond motifs is 2. The summed E-state index contributed by atoms with van der Waals surface area (Å²) in [5.41, 5.74) is 2.16. The van der Waals surface area contributed by atoms with Crippen LogP contribution in [0.5, 0.6) is 0 Å². The van der Waals surface area contributed by atoms with Crippen molar-refractivity contribution < 1.29 is 9.26 Å². The highest BCUT2D eigenvalue weighted by Gasteiger charge is 2.41. The van der Waals surface area contributed by atoms with E-state index in [2.05, 4.69) is 27.7 Å². The summed E-state index contributed by atoms with van der Waals surface area (Å²) in [5, 5.41) is 10.9. The van der Waals surface area contributed by atoms with Gasteiger partial charge in [-0.15, -0.1) is 0 Å². The predicted octanol–water partition coefficient (Wildman–Crippen LogP) is 1.88. The molecule has 1 aromatic heterocycles. The molecule has 4 atom stereocenters. The third-order valence-corrected chi connectivity index (χ3v) is 4.81. The van der Waals surface area contributed by atoms with Crippen molar-refractivity contribution >= 4 is 5.96 Å². The van der Waals surface area contributed by atoms with Gasteiger partial charge in [-0.05, 0) is 33.1 Å². The topological polar surface area (TPSA) is 71.7 Å². The van der Waals surface area contributed by atoms with Gasteiger partial charge in [0.2, 0.25) is 0 Å². The number of nitrogens with one attached hydrogen (secondary N) is 2. The largest absolute Gasteiger partial charge is 0.373 e. The molecule has 0 spiro atoms. The zero-order chi connectivity index (χ0) is 15.7. The predicted molar refractivity (Wildman–Crippen MR) is 85.2 cm³/mol. The van der Waals surface area contributed by atoms with Gasteiger partial charge < -0.3 is 19.9 Å². The minimum Gasteiger partial charge on any atom is -0.373 e. The van der Waals surface area contributed by atoms with Crippen LogP contribution in [0.4, 0.5) is 0 Å². The lowest BCUT2D eigenvalue weighted by Gasteiger charge is -2.23. The molecule has 2 N–H and O–H groups in total. The lowest BCUT2D eigenvalue weighted by molar-refractivity contribution is 0.0992. The van der Waals surface area contributed by atoms with Crippen LogP contribution in [-0.4, -0.2) is 43.0 Å². The van der Waals surface area contributed by atoms with Crippen LogP contribution >= 0.6 is 0 Å². The first-order valence-corrected chi connectivity index (χ1v) is 8.14. The number of hydrogen-bond donors (Lipinski definition) is 2. The molecule has 0 saturated carbocycles. The number of aryl methyl sites for hydroxylation is 2. The molecule has 3 heterocycles. The van der Waals surface area contributed by atoms with Crippen LogP contribution in [-0.2, 0) is 4.74 Å². The van der Waals surface area contributed by atoms with E-state index in [1.807, 2.05) is 20.9 Å². The van der Waals surface area contributed by atoms with Gasteiger partial charge in [0, 0.05) is 25.1 Å². The van der Waals surface area contributed by atoms with Gasteiger partial charge in [0.25, 0.3) is 0 Å². The second kappa shape index (κ2) is 6.28. The lowest BCUT2D eigenvalue weighted by atomic mass is 9.95. The minimum atomic E-state index is 0.320. The minimum absolute atomic E-state index is 0.320. The van der Waals surface area contributed by atoms with Crippen LogP contribution < -0.4 is 10.6 Å². The molecule has 122 valence electrons. The standard InChI is InChI=1S/C16H26N4O2/c1-9(15-10(2)20-22-11(15)3)8-18-16(17-4)19-13-7-12-5-6-14(13)21-12/h9,12-14H,5-8H2,1-4H3,(H2,17,18,19). The summed E-state index contributed by atoms with van der Waals surface area (Å²) in [6.45, 7) is 6.92. The Labute approximate surface area is 131 Å². The Bertz CT molecular complexity index is 535. The van der Waals surface area contributed by atoms with E-state index in [0.717, 1.165) is 36.8 Å². The number of aromatic nitrogens is 1. The first-order valence-electron chi connectivity index (χ1n) is 8.14.